The molecular formula is C25H29FN6O6S. The molecule has 0 bridgehead atoms. The third-order valence-electron chi connectivity index (χ3n) is 6.47. The lowest BCUT2D eigenvalue weighted by Gasteiger charge is -2.16. The number of phenols is 1. The van der Waals surface area contributed by atoms with Crippen LogP contribution in [-0.2, 0) is 22.5 Å². The molecule has 1 fully saturated rings. The van der Waals surface area contributed by atoms with Gasteiger partial charge in [-0.2, -0.15) is 10.2 Å². The van der Waals surface area contributed by atoms with E-state index >= 15 is 0 Å². The van der Waals surface area contributed by atoms with E-state index in [4.69, 9.17) is 5.11 Å². The number of phenolic OH excluding ortho intramolecular Hbond substituents is 1. The molecule has 1 aromatic carbocycles. The zero-order valence-corrected chi connectivity index (χ0v) is 22.5. The van der Waals surface area contributed by atoms with Crippen molar-refractivity contribution in [1.29, 1.82) is 0 Å². The summed E-state index contributed by atoms with van der Waals surface area (Å²) in [7, 11) is 3.19. The predicted molar refractivity (Wildman–Crippen MR) is 142 cm³/mol. The van der Waals surface area contributed by atoms with E-state index in [0.717, 1.165) is 10.6 Å². The van der Waals surface area contributed by atoms with Gasteiger partial charge in [-0.15, -0.1) is 4.80 Å². The van der Waals surface area contributed by atoms with Crippen LogP contribution in [0.25, 0.3) is 15.2 Å². The quantitative estimate of drug-likeness (QED) is 0.343. The standard InChI is InChI=1S/C22H21FN6O4S.C3H8O2/c1-12-17-19(32)28(15-6-9-26(2)18(15)31)22(33)27(10-5-13-11-14(23)3-4-16(13)30)21(17)34-20(12)29-24-7-8-25-29;1-5-3-2-4/h3-4,7-8,11,15,30H,5-6,9-10H2,1-2H3;4H,2-3H2,1H3/t15-;/m0./s1. The van der Waals surface area contributed by atoms with E-state index in [-0.39, 0.29) is 31.2 Å². The maximum absolute atomic E-state index is 13.7. The molecule has 2 N–H and O–H groups in total. The highest BCUT2D eigenvalue weighted by atomic mass is 32.1. The molecule has 4 aromatic rings. The van der Waals surface area contributed by atoms with E-state index in [1.54, 1.807) is 21.1 Å². The number of methoxy groups -OCH3 is 1. The number of aryl methyl sites for hydroxylation is 3. The van der Waals surface area contributed by atoms with Crippen molar-refractivity contribution in [3.05, 3.63) is 68.4 Å². The molecule has 0 spiro atoms. The molecule has 0 radical (unpaired) electrons. The number of likely N-dealkylation sites (tertiary alicyclic amines) is 1. The van der Waals surface area contributed by atoms with Crippen LogP contribution < -0.4 is 11.2 Å². The Morgan fingerprint density at radius 3 is 2.51 bits per heavy atom. The molecule has 0 saturated carbocycles. The summed E-state index contributed by atoms with van der Waals surface area (Å²) in [5.41, 5.74) is -0.234. The Kier molecular flexibility index (Phi) is 8.57. The largest absolute Gasteiger partial charge is 0.508 e. The van der Waals surface area contributed by atoms with Gasteiger partial charge in [0.2, 0.25) is 5.91 Å². The zero-order valence-electron chi connectivity index (χ0n) is 21.7. The third kappa shape index (κ3) is 5.48. The number of aromatic nitrogens is 5. The van der Waals surface area contributed by atoms with E-state index in [1.807, 2.05) is 0 Å². The Labute approximate surface area is 226 Å². The fraction of sp³-hybridized carbons (Fsp3) is 0.400. The Bertz CT molecular complexity index is 1590. The van der Waals surface area contributed by atoms with Crippen LogP contribution in [-0.4, -0.2) is 79.1 Å². The second-order valence-electron chi connectivity index (χ2n) is 8.94. The van der Waals surface area contributed by atoms with Crippen molar-refractivity contribution in [2.24, 2.45) is 0 Å². The summed E-state index contributed by atoms with van der Waals surface area (Å²) in [5.74, 6) is -0.890. The Hall–Kier alpha value is -3.88. The van der Waals surface area contributed by atoms with E-state index < -0.39 is 23.1 Å². The Balaban J connectivity index is 0.000000648. The second kappa shape index (κ2) is 11.9. The Morgan fingerprint density at radius 1 is 1.21 bits per heavy atom. The number of likely N-dealkylation sites (N-methyl/N-ethyl adjacent to an activating group) is 1. The van der Waals surface area contributed by atoms with Crippen molar-refractivity contribution >= 4 is 27.5 Å². The first-order chi connectivity index (χ1) is 18.7. The van der Waals surface area contributed by atoms with Crippen LogP contribution >= 0.6 is 11.3 Å². The molecule has 3 aromatic heterocycles. The van der Waals surface area contributed by atoms with E-state index in [1.165, 1.54) is 50.1 Å². The summed E-state index contributed by atoms with van der Waals surface area (Å²) >= 11 is 1.19. The van der Waals surface area contributed by atoms with Crippen molar-refractivity contribution in [2.75, 3.05) is 33.9 Å². The van der Waals surface area contributed by atoms with E-state index in [0.29, 0.717) is 45.9 Å². The first kappa shape index (κ1) is 28.1. The maximum atomic E-state index is 13.7. The molecule has 4 heterocycles. The highest BCUT2D eigenvalue weighted by Gasteiger charge is 2.34. The monoisotopic (exact) mass is 560 g/mol. The highest BCUT2D eigenvalue weighted by Crippen LogP contribution is 2.31. The van der Waals surface area contributed by atoms with Gasteiger partial charge in [-0.05, 0) is 43.5 Å². The lowest BCUT2D eigenvalue weighted by Crippen LogP contribution is -2.44. The SMILES string of the molecule is COCCO.Cc1c(-n2nccn2)sc2c1c(=O)n([C@H]1CCN(C)C1=O)c(=O)n2CCc1cc(F)ccc1O. The fourth-order valence-electron chi connectivity index (χ4n) is 4.46. The van der Waals surface area contributed by atoms with E-state index in [2.05, 4.69) is 14.9 Å². The van der Waals surface area contributed by atoms with Gasteiger partial charge in [-0.1, -0.05) is 11.3 Å². The minimum atomic E-state index is -0.895. The number of thiophene rings is 1. The van der Waals surface area contributed by atoms with Crippen molar-refractivity contribution in [1.82, 2.24) is 29.0 Å². The molecule has 1 aliphatic heterocycles. The van der Waals surface area contributed by atoms with Crippen LogP contribution in [0.5, 0.6) is 5.75 Å². The molecule has 5 rings (SSSR count). The summed E-state index contributed by atoms with van der Waals surface area (Å²) in [6.07, 6.45) is 3.50. The second-order valence-corrected chi connectivity index (χ2v) is 9.92. The molecule has 1 amide bonds. The Morgan fingerprint density at radius 2 is 1.92 bits per heavy atom. The average molecular weight is 561 g/mol. The van der Waals surface area contributed by atoms with Gasteiger partial charge in [0.05, 0.1) is 31.0 Å². The van der Waals surface area contributed by atoms with Gasteiger partial charge in [-0.25, -0.2) is 13.8 Å². The number of aliphatic hydroxyl groups is 1. The molecular weight excluding hydrogens is 531 g/mol. The number of hydrogen-bond donors (Lipinski definition) is 2. The van der Waals surface area contributed by atoms with Crippen LogP contribution in [0.1, 0.15) is 23.6 Å². The number of carbonyl (C=O) groups is 1. The van der Waals surface area contributed by atoms with Crippen LogP contribution in [0, 0.1) is 12.7 Å². The molecule has 14 heteroatoms. The number of nitrogens with zero attached hydrogens (tertiary/aromatic N) is 6. The van der Waals surface area contributed by atoms with Gasteiger partial charge >= 0.3 is 5.69 Å². The summed E-state index contributed by atoms with van der Waals surface area (Å²) in [6, 6.07) is 2.72. The fourth-order valence-corrected chi connectivity index (χ4v) is 5.69. The average Bonchev–Trinajstić information content (AvgIpc) is 3.63. The molecule has 39 heavy (non-hydrogen) atoms. The normalized spacial score (nSPS) is 15.2. The number of benzene rings is 1. The minimum absolute atomic E-state index is 0.0648. The van der Waals surface area contributed by atoms with Gasteiger partial charge < -0.3 is 19.8 Å². The smallest absolute Gasteiger partial charge is 0.332 e. The molecule has 0 unspecified atom stereocenters. The number of rotatable bonds is 7. The highest BCUT2D eigenvalue weighted by molar-refractivity contribution is 7.21. The first-order valence-corrected chi connectivity index (χ1v) is 13.0. The number of aliphatic hydroxyl groups excluding tert-OH is 1. The number of ether oxygens (including phenoxy) is 1. The first-order valence-electron chi connectivity index (χ1n) is 12.2. The molecule has 1 saturated heterocycles. The predicted octanol–water partition coefficient (Wildman–Crippen LogP) is 1.23. The number of hydrogen-bond acceptors (Lipinski definition) is 9. The lowest BCUT2D eigenvalue weighted by atomic mass is 10.1. The molecule has 0 aliphatic carbocycles. The van der Waals surface area contributed by atoms with Gasteiger partial charge in [-0.3, -0.25) is 14.2 Å². The number of carbonyl (C=O) groups excluding carboxylic acids is 1. The summed E-state index contributed by atoms with van der Waals surface area (Å²) in [6.45, 7) is 2.82. The topological polar surface area (TPSA) is 145 Å². The summed E-state index contributed by atoms with van der Waals surface area (Å²) < 4.78 is 20.6. The van der Waals surface area contributed by atoms with Crippen molar-refractivity contribution in [3.63, 3.8) is 0 Å². The summed E-state index contributed by atoms with van der Waals surface area (Å²) in [5, 5.41) is 27.2. The van der Waals surface area contributed by atoms with Crippen molar-refractivity contribution in [2.45, 2.75) is 32.4 Å². The molecule has 12 nitrogen and oxygen atoms in total. The van der Waals surface area contributed by atoms with Crippen LogP contribution in [0.15, 0.2) is 40.2 Å². The number of aromatic hydroxyl groups is 1. The van der Waals surface area contributed by atoms with Gasteiger partial charge in [0.25, 0.3) is 5.56 Å². The van der Waals surface area contributed by atoms with Crippen LogP contribution in [0.3, 0.4) is 0 Å². The van der Waals surface area contributed by atoms with Crippen molar-refractivity contribution < 1.29 is 24.1 Å². The van der Waals surface area contributed by atoms with Gasteiger partial charge in [0, 0.05) is 32.8 Å². The molecule has 208 valence electrons. The van der Waals surface area contributed by atoms with Gasteiger partial charge in [0.1, 0.15) is 27.4 Å². The number of amides is 1. The summed E-state index contributed by atoms with van der Waals surface area (Å²) in [4.78, 5) is 43.2. The molecule has 1 aliphatic rings. The van der Waals surface area contributed by atoms with Crippen LogP contribution in [0.2, 0.25) is 0 Å². The van der Waals surface area contributed by atoms with Gasteiger partial charge in [0.15, 0.2) is 0 Å². The van der Waals surface area contributed by atoms with E-state index in [9.17, 15) is 23.9 Å². The zero-order chi connectivity index (χ0) is 28.3. The van der Waals surface area contributed by atoms with Crippen LogP contribution in [0.4, 0.5) is 4.39 Å². The number of halogens is 1. The lowest BCUT2D eigenvalue weighted by molar-refractivity contribution is -0.129. The minimum Gasteiger partial charge on any atom is -0.508 e. The number of fused-ring (bicyclic) bond motifs is 1. The van der Waals surface area contributed by atoms with Crippen molar-refractivity contribution in [3.8, 4) is 10.8 Å². The maximum Gasteiger partial charge on any atom is 0.332 e. The third-order valence-corrected chi connectivity index (χ3v) is 7.75. The molecule has 1 atom stereocenters.